The molecule has 0 saturated heterocycles. The Morgan fingerprint density at radius 2 is 1.62 bits per heavy atom. The van der Waals surface area contributed by atoms with Gasteiger partial charge in [-0.1, -0.05) is 13.8 Å². The summed E-state index contributed by atoms with van der Waals surface area (Å²) in [4.78, 5) is 0. The summed E-state index contributed by atoms with van der Waals surface area (Å²) in [6.07, 6.45) is 0.239. The fraction of sp³-hybridized carbons (Fsp3) is 0.455. The van der Waals surface area contributed by atoms with E-state index < -0.39 is 0 Å². The Kier molecular flexibility index (Phi) is 3.18. The van der Waals surface area contributed by atoms with Gasteiger partial charge in [0.05, 0.1) is 6.10 Å². The zero-order valence-corrected chi connectivity index (χ0v) is 8.45. The van der Waals surface area contributed by atoms with Gasteiger partial charge in [0.25, 0.3) is 0 Å². The van der Waals surface area contributed by atoms with E-state index in [-0.39, 0.29) is 6.10 Å². The minimum atomic E-state index is 0.239. The van der Waals surface area contributed by atoms with Gasteiger partial charge in [0.15, 0.2) is 0 Å². The lowest BCUT2D eigenvalue weighted by Crippen LogP contribution is -2.18. The van der Waals surface area contributed by atoms with Crippen LogP contribution in [0.4, 0.5) is 5.69 Å². The van der Waals surface area contributed by atoms with Crippen LogP contribution in [0.25, 0.3) is 0 Å². The number of rotatable bonds is 3. The normalized spacial score (nSPS) is 12.9. The van der Waals surface area contributed by atoms with Crippen molar-refractivity contribution in [2.45, 2.75) is 26.9 Å². The standard InChI is InChI=1S/C11H17NO/c1-8(2)9(3)13-11-6-4-10(12)5-7-11/h4-9H,12H2,1-3H3. The third kappa shape index (κ3) is 2.98. The Bertz CT molecular complexity index is 253. The third-order valence-electron chi connectivity index (χ3n) is 2.14. The molecular formula is C11H17NO. The molecule has 0 spiro atoms. The first-order chi connectivity index (χ1) is 6.09. The largest absolute Gasteiger partial charge is 0.490 e. The van der Waals surface area contributed by atoms with Gasteiger partial charge in [-0.25, -0.2) is 0 Å². The van der Waals surface area contributed by atoms with Crippen LogP contribution in [0.5, 0.6) is 5.75 Å². The summed E-state index contributed by atoms with van der Waals surface area (Å²) in [7, 11) is 0. The predicted octanol–water partition coefficient (Wildman–Crippen LogP) is 2.69. The van der Waals surface area contributed by atoms with E-state index in [0.29, 0.717) is 5.92 Å². The zero-order valence-electron chi connectivity index (χ0n) is 8.45. The molecule has 2 nitrogen and oxygen atoms in total. The maximum absolute atomic E-state index is 5.68. The Morgan fingerprint density at radius 3 is 2.08 bits per heavy atom. The first-order valence-electron chi connectivity index (χ1n) is 4.62. The second-order valence-corrected chi connectivity index (χ2v) is 3.64. The average Bonchev–Trinajstić information content (AvgIpc) is 2.08. The molecule has 72 valence electrons. The Labute approximate surface area is 79.7 Å². The molecule has 0 aliphatic rings. The van der Waals surface area contributed by atoms with Crippen LogP contribution < -0.4 is 10.5 Å². The molecule has 1 rings (SSSR count). The highest BCUT2D eigenvalue weighted by atomic mass is 16.5. The molecule has 0 aliphatic heterocycles. The quantitative estimate of drug-likeness (QED) is 0.724. The summed E-state index contributed by atoms with van der Waals surface area (Å²) in [6, 6.07) is 7.49. The number of ether oxygens (including phenoxy) is 1. The summed E-state index contributed by atoms with van der Waals surface area (Å²) in [5.74, 6) is 1.41. The summed E-state index contributed by atoms with van der Waals surface area (Å²) in [6.45, 7) is 6.35. The molecule has 0 saturated carbocycles. The van der Waals surface area contributed by atoms with E-state index >= 15 is 0 Å². The monoisotopic (exact) mass is 179 g/mol. The van der Waals surface area contributed by atoms with Crippen LogP contribution in [0.1, 0.15) is 20.8 Å². The number of hydrogen-bond donors (Lipinski definition) is 1. The Hall–Kier alpha value is -1.18. The van der Waals surface area contributed by atoms with Crippen LogP contribution in [-0.4, -0.2) is 6.10 Å². The van der Waals surface area contributed by atoms with Gasteiger partial charge in [-0.2, -0.15) is 0 Å². The predicted molar refractivity (Wildman–Crippen MR) is 55.8 cm³/mol. The van der Waals surface area contributed by atoms with E-state index in [1.807, 2.05) is 24.3 Å². The maximum Gasteiger partial charge on any atom is 0.119 e. The minimum absolute atomic E-state index is 0.239. The highest BCUT2D eigenvalue weighted by Gasteiger charge is 2.07. The number of anilines is 1. The zero-order chi connectivity index (χ0) is 9.84. The molecule has 0 heterocycles. The van der Waals surface area contributed by atoms with Gasteiger partial charge in [-0.15, -0.1) is 0 Å². The Balaban J connectivity index is 2.59. The van der Waals surface area contributed by atoms with Crippen LogP contribution in [0.3, 0.4) is 0 Å². The highest BCUT2D eigenvalue weighted by molar-refractivity contribution is 5.41. The van der Waals surface area contributed by atoms with Gasteiger partial charge < -0.3 is 10.5 Å². The van der Waals surface area contributed by atoms with Crippen molar-refractivity contribution in [1.82, 2.24) is 0 Å². The van der Waals surface area contributed by atoms with Crippen LogP contribution >= 0.6 is 0 Å². The lowest BCUT2D eigenvalue weighted by Gasteiger charge is -2.17. The number of nitrogen functional groups attached to an aromatic ring is 1. The van der Waals surface area contributed by atoms with Crippen LogP contribution in [0.2, 0.25) is 0 Å². The van der Waals surface area contributed by atoms with Crippen molar-refractivity contribution in [3.05, 3.63) is 24.3 Å². The highest BCUT2D eigenvalue weighted by Crippen LogP contribution is 2.17. The molecule has 0 amide bonds. The average molecular weight is 179 g/mol. The van der Waals surface area contributed by atoms with Crippen LogP contribution in [-0.2, 0) is 0 Å². The first-order valence-corrected chi connectivity index (χ1v) is 4.62. The topological polar surface area (TPSA) is 35.2 Å². The lowest BCUT2D eigenvalue weighted by atomic mass is 10.1. The van der Waals surface area contributed by atoms with Crippen molar-refractivity contribution < 1.29 is 4.74 Å². The van der Waals surface area contributed by atoms with Gasteiger partial charge in [-0.05, 0) is 37.1 Å². The molecule has 0 radical (unpaired) electrons. The van der Waals surface area contributed by atoms with Crippen molar-refractivity contribution in [3.8, 4) is 5.75 Å². The van der Waals surface area contributed by atoms with E-state index in [2.05, 4.69) is 20.8 Å². The maximum atomic E-state index is 5.68. The molecule has 1 aromatic carbocycles. The molecule has 2 N–H and O–H groups in total. The van der Waals surface area contributed by atoms with Gasteiger partial charge >= 0.3 is 0 Å². The van der Waals surface area contributed by atoms with Gasteiger partial charge in [0.1, 0.15) is 5.75 Å². The number of nitrogens with two attached hydrogens (primary N) is 1. The second kappa shape index (κ2) is 4.17. The molecule has 0 aromatic heterocycles. The molecule has 2 heteroatoms. The van der Waals surface area contributed by atoms with Crippen molar-refractivity contribution >= 4 is 5.69 Å². The third-order valence-corrected chi connectivity index (χ3v) is 2.14. The summed E-state index contributed by atoms with van der Waals surface area (Å²) in [5.41, 5.74) is 6.33. The van der Waals surface area contributed by atoms with E-state index in [1.165, 1.54) is 0 Å². The molecule has 1 atom stereocenters. The molecule has 13 heavy (non-hydrogen) atoms. The smallest absolute Gasteiger partial charge is 0.119 e. The molecule has 1 aromatic rings. The minimum Gasteiger partial charge on any atom is -0.490 e. The van der Waals surface area contributed by atoms with Gasteiger partial charge in [0, 0.05) is 5.69 Å². The van der Waals surface area contributed by atoms with Crippen LogP contribution in [0, 0.1) is 5.92 Å². The first kappa shape index (κ1) is 9.90. The van der Waals surface area contributed by atoms with E-state index in [9.17, 15) is 0 Å². The van der Waals surface area contributed by atoms with E-state index in [0.717, 1.165) is 11.4 Å². The summed E-state index contributed by atoms with van der Waals surface area (Å²) in [5, 5.41) is 0. The van der Waals surface area contributed by atoms with Crippen LogP contribution in [0.15, 0.2) is 24.3 Å². The molecule has 0 fully saturated rings. The van der Waals surface area contributed by atoms with Crippen molar-refractivity contribution in [3.63, 3.8) is 0 Å². The fourth-order valence-electron chi connectivity index (χ4n) is 0.897. The molecule has 1 unspecified atom stereocenters. The van der Waals surface area contributed by atoms with Crippen molar-refractivity contribution in [2.24, 2.45) is 5.92 Å². The fourth-order valence-corrected chi connectivity index (χ4v) is 0.897. The molecule has 0 bridgehead atoms. The SMILES string of the molecule is CC(C)C(C)Oc1ccc(N)cc1. The second-order valence-electron chi connectivity index (χ2n) is 3.64. The number of benzene rings is 1. The van der Waals surface area contributed by atoms with E-state index in [4.69, 9.17) is 10.5 Å². The van der Waals surface area contributed by atoms with Gasteiger partial charge in [0.2, 0.25) is 0 Å². The molecule has 0 aliphatic carbocycles. The van der Waals surface area contributed by atoms with Crippen molar-refractivity contribution in [1.29, 1.82) is 0 Å². The van der Waals surface area contributed by atoms with Crippen molar-refractivity contribution in [2.75, 3.05) is 5.73 Å². The summed E-state index contributed by atoms with van der Waals surface area (Å²) >= 11 is 0. The van der Waals surface area contributed by atoms with Gasteiger partial charge in [-0.3, -0.25) is 0 Å². The number of hydrogen-bond acceptors (Lipinski definition) is 2. The summed E-state index contributed by atoms with van der Waals surface area (Å²) < 4.78 is 5.68. The Morgan fingerprint density at radius 1 is 1.08 bits per heavy atom. The van der Waals surface area contributed by atoms with E-state index in [1.54, 1.807) is 0 Å². The molecular weight excluding hydrogens is 162 g/mol. The lowest BCUT2D eigenvalue weighted by molar-refractivity contribution is 0.170.